The van der Waals surface area contributed by atoms with Crippen molar-refractivity contribution in [3.63, 3.8) is 0 Å². The number of aromatic nitrogens is 2. The first-order chi connectivity index (χ1) is 15.2. The molecule has 1 aliphatic heterocycles. The van der Waals surface area contributed by atoms with E-state index in [9.17, 15) is 26.7 Å². The van der Waals surface area contributed by atoms with E-state index in [4.69, 9.17) is 5.26 Å². The maximum absolute atomic E-state index is 13.5. The van der Waals surface area contributed by atoms with Gasteiger partial charge in [-0.1, -0.05) is 6.07 Å². The van der Waals surface area contributed by atoms with E-state index in [2.05, 4.69) is 21.3 Å². The minimum absolute atomic E-state index is 0.0238. The smallest absolute Gasteiger partial charge is 0.349 e. The Labute approximate surface area is 179 Å². The highest BCUT2D eigenvalue weighted by Crippen LogP contribution is 2.39. The van der Waals surface area contributed by atoms with Gasteiger partial charge in [0.2, 0.25) is 0 Å². The van der Waals surface area contributed by atoms with E-state index in [-0.39, 0.29) is 18.0 Å². The average Bonchev–Trinajstić information content (AvgIpc) is 3.39. The molecule has 4 rings (SSSR count). The largest absolute Gasteiger partial charge is 0.418 e. The predicted octanol–water partition coefficient (Wildman–Crippen LogP) is 3.28. The van der Waals surface area contributed by atoms with Gasteiger partial charge in [-0.25, -0.2) is 10.1 Å². The van der Waals surface area contributed by atoms with E-state index in [0.29, 0.717) is 29.5 Å². The van der Waals surface area contributed by atoms with Crippen LogP contribution in [-0.2, 0) is 6.18 Å². The van der Waals surface area contributed by atoms with Crippen molar-refractivity contribution in [2.75, 3.05) is 0 Å². The van der Waals surface area contributed by atoms with Gasteiger partial charge in [-0.15, -0.1) is 0 Å². The van der Waals surface area contributed by atoms with Gasteiger partial charge in [0.25, 0.3) is 5.91 Å². The van der Waals surface area contributed by atoms with E-state index >= 15 is 0 Å². The molecule has 4 unspecified atom stereocenters. The molecular weight excluding hydrogens is 435 g/mol. The van der Waals surface area contributed by atoms with Gasteiger partial charge < -0.3 is 5.32 Å². The molecule has 0 bridgehead atoms. The van der Waals surface area contributed by atoms with Gasteiger partial charge in [-0.3, -0.25) is 10.2 Å². The molecule has 1 saturated carbocycles. The molecule has 1 aromatic heterocycles. The van der Waals surface area contributed by atoms with Gasteiger partial charge in [0.15, 0.2) is 0 Å². The quantitative estimate of drug-likeness (QED) is 0.617. The van der Waals surface area contributed by atoms with Gasteiger partial charge in [-0.2, -0.15) is 32.3 Å². The Balaban J connectivity index is 1.51. The van der Waals surface area contributed by atoms with Crippen molar-refractivity contribution in [3.05, 3.63) is 52.8 Å². The molecule has 12 heteroatoms. The maximum atomic E-state index is 13.5. The fourth-order valence-electron chi connectivity index (χ4n) is 4.54. The van der Waals surface area contributed by atoms with E-state index in [1.165, 1.54) is 24.5 Å². The molecule has 2 fully saturated rings. The van der Waals surface area contributed by atoms with Crippen LogP contribution in [0.4, 0.5) is 22.0 Å². The topological polar surface area (TPSA) is 94.8 Å². The normalized spacial score (nSPS) is 25.4. The highest BCUT2D eigenvalue weighted by molar-refractivity contribution is 5.96. The second-order valence-corrected chi connectivity index (χ2v) is 7.89. The van der Waals surface area contributed by atoms with Crippen LogP contribution in [0, 0.1) is 17.2 Å². The number of amides is 1. The van der Waals surface area contributed by atoms with Gasteiger partial charge in [0.1, 0.15) is 0 Å². The molecule has 170 valence electrons. The first-order valence-corrected chi connectivity index (χ1v) is 9.93. The highest BCUT2D eigenvalue weighted by Gasteiger charge is 2.43. The Hall–Kier alpha value is -3.04. The summed E-state index contributed by atoms with van der Waals surface area (Å²) < 4.78 is 66.8. The number of hydrogen-bond acceptors (Lipinski definition) is 5. The lowest BCUT2D eigenvalue weighted by Gasteiger charge is -2.33. The number of halogens is 5. The van der Waals surface area contributed by atoms with Gasteiger partial charge in [0, 0.05) is 23.8 Å². The summed E-state index contributed by atoms with van der Waals surface area (Å²) in [5, 5.41) is 15.3. The summed E-state index contributed by atoms with van der Waals surface area (Å²) in [6.07, 6.45) is -0.668. The summed E-state index contributed by atoms with van der Waals surface area (Å²) in [5.74, 6) is -0.990. The van der Waals surface area contributed by atoms with Crippen molar-refractivity contribution >= 4 is 5.91 Å². The molecular formula is C20H19F5N6O. The number of fused-ring (bicyclic) bond motifs is 1. The lowest BCUT2D eigenvalue weighted by atomic mass is 9.77. The third kappa shape index (κ3) is 4.18. The monoisotopic (exact) mass is 454 g/mol. The van der Waals surface area contributed by atoms with Crippen molar-refractivity contribution in [2.45, 2.75) is 50.1 Å². The van der Waals surface area contributed by atoms with Crippen LogP contribution in [0.3, 0.4) is 0 Å². The number of nitriles is 1. The Morgan fingerprint density at radius 1 is 1.28 bits per heavy atom. The van der Waals surface area contributed by atoms with Crippen LogP contribution in [0.15, 0.2) is 30.6 Å². The minimum atomic E-state index is -4.86. The number of rotatable bonds is 4. The zero-order valence-corrected chi connectivity index (χ0v) is 16.5. The van der Waals surface area contributed by atoms with Crippen LogP contribution in [0.2, 0.25) is 0 Å². The number of hydrazine groups is 1. The van der Waals surface area contributed by atoms with Crippen LogP contribution >= 0.6 is 0 Å². The summed E-state index contributed by atoms with van der Waals surface area (Å²) in [6.45, 7) is -2.76. The molecule has 4 atom stereocenters. The Bertz CT molecular complexity index is 1050. The molecule has 3 N–H and O–H groups in total. The molecule has 2 aromatic rings. The van der Waals surface area contributed by atoms with Crippen LogP contribution in [0.25, 0.3) is 0 Å². The lowest BCUT2D eigenvalue weighted by Crippen LogP contribution is -2.44. The predicted molar refractivity (Wildman–Crippen MR) is 101 cm³/mol. The zero-order chi connectivity index (χ0) is 23.0. The summed E-state index contributed by atoms with van der Waals surface area (Å²) in [5.41, 5.74) is 4.28. The molecule has 1 amide bonds. The van der Waals surface area contributed by atoms with Gasteiger partial charge >= 0.3 is 12.7 Å². The molecule has 2 aliphatic rings. The minimum Gasteiger partial charge on any atom is -0.349 e. The van der Waals surface area contributed by atoms with Crippen LogP contribution in [-0.4, -0.2) is 27.8 Å². The van der Waals surface area contributed by atoms with Crippen molar-refractivity contribution in [1.82, 2.24) is 25.9 Å². The number of carbonyl (C=O) groups is 1. The van der Waals surface area contributed by atoms with Crippen molar-refractivity contribution < 1.29 is 26.7 Å². The van der Waals surface area contributed by atoms with Gasteiger partial charge in [0.05, 0.1) is 35.0 Å². The molecule has 0 radical (unpaired) electrons. The Morgan fingerprint density at radius 2 is 2.06 bits per heavy atom. The SMILES string of the molecule is N#Cc1cccc(C(=O)NC2CCC3NNC(c4cnn(C(F)F)c4)C3C2)c1C(F)(F)F. The molecule has 1 saturated heterocycles. The van der Waals surface area contributed by atoms with Crippen LogP contribution < -0.4 is 16.2 Å². The number of carbonyl (C=O) groups excluding carboxylic acids is 1. The third-order valence-electron chi connectivity index (χ3n) is 5.98. The van der Waals surface area contributed by atoms with Gasteiger partial charge in [-0.05, 0) is 37.3 Å². The van der Waals surface area contributed by atoms with E-state index in [0.717, 1.165) is 12.1 Å². The highest BCUT2D eigenvalue weighted by atomic mass is 19.4. The Morgan fingerprint density at radius 3 is 2.72 bits per heavy atom. The van der Waals surface area contributed by atoms with Crippen LogP contribution in [0.1, 0.15) is 58.9 Å². The fraction of sp³-hybridized carbons (Fsp3) is 0.450. The van der Waals surface area contributed by atoms with Crippen molar-refractivity contribution in [1.29, 1.82) is 5.26 Å². The average molecular weight is 454 g/mol. The fourth-order valence-corrected chi connectivity index (χ4v) is 4.54. The maximum Gasteiger partial charge on any atom is 0.418 e. The van der Waals surface area contributed by atoms with Crippen molar-refractivity contribution in [3.8, 4) is 6.07 Å². The molecule has 2 heterocycles. The summed E-state index contributed by atoms with van der Waals surface area (Å²) in [4.78, 5) is 12.7. The number of nitrogens with zero attached hydrogens (tertiary/aromatic N) is 3. The summed E-state index contributed by atoms with van der Waals surface area (Å²) >= 11 is 0. The van der Waals surface area contributed by atoms with Crippen molar-refractivity contribution in [2.24, 2.45) is 5.92 Å². The summed E-state index contributed by atoms with van der Waals surface area (Å²) in [7, 11) is 0. The first kappa shape index (κ1) is 22.2. The van der Waals surface area contributed by atoms with E-state index in [1.54, 1.807) is 0 Å². The first-order valence-electron chi connectivity index (χ1n) is 9.93. The number of hydrogen-bond donors (Lipinski definition) is 3. The number of nitrogens with one attached hydrogen (secondary N) is 3. The van der Waals surface area contributed by atoms with Crippen LogP contribution in [0.5, 0.6) is 0 Å². The second kappa shape index (κ2) is 8.48. The lowest BCUT2D eigenvalue weighted by molar-refractivity contribution is -0.138. The molecule has 1 aliphatic carbocycles. The zero-order valence-electron chi connectivity index (χ0n) is 16.5. The number of benzene rings is 1. The standard InChI is InChI=1S/C20H19F5N6O/c21-19(22)31-9-11(8-27-31)17-14-6-12(4-5-15(14)29-30-17)28-18(32)13-3-1-2-10(7-26)16(13)20(23,24)25/h1-3,8-9,12,14-15,17,19,29-30H,4-6H2,(H,28,32). The Kier molecular flexibility index (Phi) is 5.87. The molecule has 0 spiro atoms. The van der Waals surface area contributed by atoms with E-state index in [1.807, 2.05) is 0 Å². The third-order valence-corrected chi connectivity index (χ3v) is 5.98. The van der Waals surface area contributed by atoms with E-state index < -0.39 is 41.4 Å². The second-order valence-electron chi connectivity index (χ2n) is 7.89. The number of alkyl halides is 5. The molecule has 1 aromatic carbocycles. The molecule has 32 heavy (non-hydrogen) atoms. The summed E-state index contributed by atoms with van der Waals surface area (Å²) in [6, 6.07) is 4.07. The molecule has 7 nitrogen and oxygen atoms in total.